The average Bonchev–Trinajstić information content (AvgIpc) is 0.945. The summed E-state index contributed by atoms with van der Waals surface area (Å²) in [6.45, 7) is 12.0. The highest BCUT2D eigenvalue weighted by molar-refractivity contribution is 5.83. The largest absolute Gasteiger partial charge is 0.264 e. The fraction of sp³-hybridized carbons (Fsp3) is 0.0714. The van der Waals surface area contributed by atoms with Crippen molar-refractivity contribution in [2.75, 3.05) is 0 Å². The van der Waals surface area contributed by atoms with Gasteiger partial charge in [-0.3, -0.25) is 49.8 Å². The summed E-state index contributed by atoms with van der Waals surface area (Å²) in [4.78, 5) is 78.7. The maximum Gasteiger partial charge on any atom is 0.159 e. The Labute approximate surface area is 588 Å². The van der Waals surface area contributed by atoms with E-state index in [0.29, 0.717) is 0 Å². The molecule has 18 heterocycles. The molecule has 0 fully saturated rings. The maximum absolute atomic E-state index is 4.57. The number of hydrogen-bond donors (Lipinski definition) is 0. The molecule has 0 unspecified atom stereocenters. The minimum Gasteiger partial charge on any atom is -0.264 e. The zero-order chi connectivity index (χ0) is 70.0. The molecule has 18 aromatic rings. The fourth-order valence-corrected chi connectivity index (χ4v) is 10.5. The molecule has 0 saturated carbocycles. The molecule has 18 heteroatoms. The molecule has 0 aliphatic carbocycles. The smallest absolute Gasteiger partial charge is 0.159 e. The minimum absolute atomic E-state index is 0.757. The van der Waals surface area contributed by atoms with E-state index in [9.17, 15) is 0 Å². The summed E-state index contributed by atoms with van der Waals surface area (Å²) in [6, 6.07) is 69.4. The summed E-state index contributed by atoms with van der Waals surface area (Å²) in [5.74, 6) is 0. The van der Waals surface area contributed by atoms with E-state index in [4.69, 9.17) is 0 Å². The first-order valence-corrected chi connectivity index (χ1v) is 32.8. The van der Waals surface area contributed by atoms with Gasteiger partial charge in [0.05, 0.1) is 102 Å². The minimum atomic E-state index is 0.757. The van der Waals surface area contributed by atoms with E-state index in [1.165, 1.54) is 0 Å². The second-order valence-corrected chi connectivity index (χ2v) is 23.7. The van der Waals surface area contributed by atoms with E-state index in [1.807, 2.05) is 291 Å². The number of aromatic nitrogens is 18. The van der Waals surface area contributed by atoms with Crippen molar-refractivity contribution in [3.05, 3.63) is 327 Å². The Balaban J connectivity index is 0.000000109. The van der Waals surface area contributed by atoms with Gasteiger partial charge >= 0.3 is 0 Å². The molecule has 102 heavy (non-hydrogen) atoms. The lowest BCUT2D eigenvalue weighted by atomic mass is 10.2. The number of nitrogens with zero attached hydrogens (tertiary/aromatic N) is 18. The van der Waals surface area contributed by atoms with E-state index in [0.717, 1.165) is 168 Å². The van der Waals surface area contributed by atoms with Gasteiger partial charge in [0.25, 0.3) is 0 Å². The number of fused-ring (bicyclic) bond motifs is 6. The molecule has 0 aliphatic heterocycles. The summed E-state index contributed by atoms with van der Waals surface area (Å²) in [7, 11) is 0. The van der Waals surface area contributed by atoms with Gasteiger partial charge in [-0.2, -0.15) is 0 Å². The zero-order valence-electron chi connectivity index (χ0n) is 56.8. The molecule has 492 valence electrons. The van der Waals surface area contributed by atoms with Crippen LogP contribution in [-0.4, -0.2) is 89.7 Å². The highest BCUT2D eigenvalue weighted by Crippen LogP contribution is 2.25. The van der Waals surface area contributed by atoms with Gasteiger partial charge in [-0.1, -0.05) is 42.5 Å². The van der Waals surface area contributed by atoms with Gasteiger partial charge in [-0.05, 0) is 234 Å². The predicted molar refractivity (Wildman–Crippen MR) is 405 cm³/mol. The third-order valence-corrected chi connectivity index (χ3v) is 15.9. The fourth-order valence-electron chi connectivity index (χ4n) is 10.5. The Morgan fingerprint density at radius 2 is 0.529 bits per heavy atom. The van der Waals surface area contributed by atoms with Crippen LogP contribution in [-0.2, 0) is 0 Å². The summed E-state index contributed by atoms with van der Waals surface area (Å²) in [6.07, 6.45) is 23.4. The topological polar surface area (TPSA) is 232 Å². The van der Waals surface area contributed by atoms with Crippen LogP contribution in [0.4, 0.5) is 0 Å². The lowest BCUT2D eigenvalue weighted by Gasteiger charge is -2.02. The molecular formula is C84H66N18. The molecule has 0 atom stereocenters. The summed E-state index contributed by atoms with van der Waals surface area (Å²) < 4.78 is 0. The van der Waals surface area contributed by atoms with Crippen molar-refractivity contribution in [2.24, 2.45) is 0 Å². The molecule has 0 saturated heterocycles. The van der Waals surface area contributed by atoms with Crippen molar-refractivity contribution in [3.63, 3.8) is 0 Å². The van der Waals surface area contributed by atoms with Crippen LogP contribution in [0.1, 0.15) is 33.6 Å². The average molecular weight is 1330 g/mol. The van der Waals surface area contributed by atoms with Gasteiger partial charge in [-0.25, -0.2) is 39.9 Å². The molecule has 0 radical (unpaired) electrons. The van der Waals surface area contributed by atoms with Gasteiger partial charge in [0.15, 0.2) is 11.3 Å². The van der Waals surface area contributed by atoms with Crippen molar-refractivity contribution in [1.82, 2.24) is 89.7 Å². The van der Waals surface area contributed by atoms with Crippen molar-refractivity contribution in [2.45, 2.75) is 41.5 Å². The summed E-state index contributed by atoms with van der Waals surface area (Å²) >= 11 is 0. The highest BCUT2D eigenvalue weighted by atomic mass is 14.9. The Hall–Kier alpha value is -13.7. The summed E-state index contributed by atoms with van der Waals surface area (Å²) in [5, 5.41) is 5.27. The Morgan fingerprint density at radius 1 is 0.176 bits per heavy atom. The highest BCUT2D eigenvalue weighted by Gasteiger charge is 2.09. The molecule has 18 rings (SSSR count). The van der Waals surface area contributed by atoms with Gasteiger partial charge in [-0.15, -0.1) is 0 Å². The van der Waals surface area contributed by atoms with Crippen LogP contribution in [0, 0.1) is 41.5 Å². The van der Waals surface area contributed by atoms with E-state index in [1.54, 1.807) is 43.4 Å². The molecular weight excluding hydrogens is 1260 g/mol. The van der Waals surface area contributed by atoms with E-state index in [-0.39, 0.29) is 0 Å². The zero-order valence-corrected chi connectivity index (χ0v) is 56.8. The maximum atomic E-state index is 4.57. The van der Waals surface area contributed by atoms with Gasteiger partial charge in [0.1, 0.15) is 0 Å². The lowest BCUT2D eigenvalue weighted by molar-refractivity contribution is 1.18. The van der Waals surface area contributed by atoms with Gasteiger partial charge in [0.2, 0.25) is 0 Å². The number of rotatable bonds is 6. The molecule has 0 amide bonds. The molecule has 0 aromatic carbocycles. The number of aryl methyl sites for hydroxylation is 6. The summed E-state index contributed by atoms with van der Waals surface area (Å²) in [5.41, 5.74) is 23.3. The normalized spacial score (nSPS) is 10.6. The standard InChI is InChI=1S/6C14H11N3/c2*1-10-2-4-13(16-8-10)14-5-3-11-9-15-7-6-12(11)17-14;1-10-4-2-6-12(16-10)13-8-7-11-5-3-9-15-14(11)17-13;1-10-4-6-12(16-9-10)13-7-5-11-3-2-8-15-14(11)17-13;1-10-4-5-12(16-9-10)14-7-6-11-13(17-14)3-2-8-15-11;1-10-3-2-4-12(16-10)13-6-5-11-7-8-15-9-14(11)17-13/h6*2-9H,1H3. The van der Waals surface area contributed by atoms with Crippen LogP contribution < -0.4 is 0 Å². The second kappa shape index (κ2) is 32.1. The van der Waals surface area contributed by atoms with Gasteiger partial charge in [0, 0.05) is 113 Å². The number of hydrogen-bond acceptors (Lipinski definition) is 18. The van der Waals surface area contributed by atoms with Crippen LogP contribution in [0.15, 0.2) is 293 Å². The molecule has 0 bridgehead atoms. The Bertz CT molecular complexity index is 5260. The Kier molecular flexibility index (Phi) is 21.0. The second-order valence-electron chi connectivity index (χ2n) is 23.7. The van der Waals surface area contributed by atoms with Crippen molar-refractivity contribution in [1.29, 1.82) is 0 Å². The first-order valence-electron chi connectivity index (χ1n) is 32.8. The van der Waals surface area contributed by atoms with Crippen molar-refractivity contribution >= 4 is 65.8 Å². The SMILES string of the molecule is Cc1ccc(-c2ccc3cccnc3n2)nc1.Cc1ccc(-c2ccc3cnccc3n2)nc1.Cc1ccc(-c2ccc3cnccc3n2)nc1.Cc1ccc(-c2ccc3ncccc3n2)nc1.Cc1cccc(-c2ccc3cccnc3n2)n1.Cc1cccc(-c2ccc3ccncc3n2)n1. The van der Waals surface area contributed by atoms with Crippen LogP contribution in [0.5, 0.6) is 0 Å². The van der Waals surface area contributed by atoms with E-state index < -0.39 is 0 Å². The number of pyridine rings is 18. The molecule has 18 nitrogen and oxygen atoms in total. The van der Waals surface area contributed by atoms with Crippen LogP contribution in [0.3, 0.4) is 0 Å². The monoisotopic (exact) mass is 1330 g/mol. The third-order valence-electron chi connectivity index (χ3n) is 15.9. The third kappa shape index (κ3) is 17.3. The quantitative estimate of drug-likeness (QED) is 0.151. The van der Waals surface area contributed by atoms with Crippen molar-refractivity contribution < 1.29 is 0 Å². The van der Waals surface area contributed by atoms with Crippen LogP contribution in [0.2, 0.25) is 0 Å². The lowest BCUT2D eigenvalue weighted by Crippen LogP contribution is -1.91. The molecule has 0 spiro atoms. The van der Waals surface area contributed by atoms with Crippen LogP contribution >= 0.6 is 0 Å². The van der Waals surface area contributed by atoms with E-state index >= 15 is 0 Å². The molecule has 0 aliphatic rings. The van der Waals surface area contributed by atoms with Gasteiger partial charge < -0.3 is 0 Å². The molecule has 18 aromatic heterocycles. The van der Waals surface area contributed by atoms with Crippen molar-refractivity contribution in [3.8, 4) is 68.3 Å². The van der Waals surface area contributed by atoms with Crippen LogP contribution in [0.25, 0.3) is 134 Å². The molecule has 0 N–H and O–H groups in total. The van der Waals surface area contributed by atoms with E-state index in [2.05, 4.69) is 89.7 Å². The predicted octanol–water partition coefficient (Wildman–Crippen LogP) is 18.0. The first-order chi connectivity index (χ1) is 50.0. The first kappa shape index (κ1) is 66.9. The Morgan fingerprint density at radius 3 is 0.990 bits per heavy atom.